The lowest BCUT2D eigenvalue weighted by atomic mass is 10.1. The zero-order valence-electron chi connectivity index (χ0n) is 10.8. The third-order valence-electron chi connectivity index (χ3n) is 3.28. The zero-order chi connectivity index (χ0) is 14.5. The molecule has 1 aromatic carbocycles. The van der Waals surface area contributed by atoms with Crippen molar-refractivity contribution in [1.29, 1.82) is 0 Å². The van der Waals surface area contributed by atoms with E-state index < -0.39 is 6.61 Å². The summed E-state index contributed by atoms with van der Waals surface area (Å²) in [5.74, 6) is 0.293. The number of para-hydroxylation sites is 1. The first-order chi connectivity index (χ1) is 9.58. The first-order valence-corrected chi connectivity index (χ1v) is 7.19. The van der Waals surface area contributed by atoms with Gasteiger partial charge in [-0.2, -0.15) is 8.78 Å². The largest absolute Gasteiger partial charge is 0.433 e. The van der Waals surface area contributed by atoms with Crippen molar-refractivity contribution in [2.75, 3.05) is 19.6 Å². The molecular formula is C13H17BrF2N2O2. The number of rotatable bonds is 6. The zero-order valence-corrected chi connectivity index (χ0v) is 12.4. The number of ether oxygens (including phenoxy) is 1. The molecule has 0 aliphatic carbocycles. The Bertz CT molecular complexity index is 448. The van der Waals surface area contributed by atoms with Gasteiger partial charge in [-0.05, 0) is 22.0 Å². The van der Waals surface area contributed by atoms with Crippen molar-refractivity contribution in [3.8, 4) is 5.75 Å². The van der Waals surface area contributed by atoms with Crippen LogP contribution in [0.25, 0.3) is 0 Å². The molecule has 4 nitrogen and oxygen atoms in total. The number of β-amino-alcohol motifs (C(OH)–C–C–N with tert-alkyl or cyclic N) is 1. The van der Waals surface area contributed by atoms with Crippen molar-refractivity contribution >= 4 is 15.9 Å². The number of hydrogen-bond acceptors (Lipinski definition) is 4. The van der Waals surface area contributed by atoms with E-state index in [-0.39, 0.29) is 17.8 Å². The predicted molar refractivity (Wildman–Crippen MR) is 74.8 cm³/mol. The van der Waals surface area contributed by atoms with Crippen LogP contribution in [0.3, 0.4) is 0 Å². The molecular weight excluding hydrogens is 334 g/mol. The van der Waals surface area contributed by atoms with E-state index in [1.54, 1.807) is 18.2 Å². The highest BCUT2D eigenvalue weighted by Crippen LogP contribution is 2.30. The molecule has 0 spiro atoms. The maximum Gasteiger partial charge on any atom is 0.387 e. The first-order valence-electron chi connectivity index (χ1n) is 6.39. The molecule has 0 bridgehead atoms. The Balaban J connectivity index is 1.93. The van der Waals surface area contributed by atoms with Gasteiger partial charge in [0.2, 0.25) is 0 Å². The number of hydrogen-bond donors (Lipinski definition) is 3. The Labute approximate surface area is 124 Å². The fraction of sp³-hybridized carbons (Fsp3) is 0.538. The van der Waals surface area contributed by atoms with Gasteiger partial charge in [0.25, 0.3) is 0 Å². The molecule has 112 valence electrons. The number of aliphatic hydroxyl groups is 1. The van der Waals surface area contributed by atoms with Crippen molar-refractivity contribution in [1.82, 2.24) is 10.6 Å². The van der Waals surface area contributed by atoms with Crippen molar-refractivity contribution in [2.45, 2.75) is 19.3 Å². The lowest BCUT2D eigenvalue weighted by molar-refractivity contribution is -0.0510. The minimum Gasteiger partial charge on any atom is -0.433 e. The third-order valence-corrected chi connectivity index (χ3v) is 3.91. The van der Waals surface area contributed by atoms with Crippen LogP contribution in [0.2, 0.25) is 0 Å². The van der Waals surface area contributed by atoms with Gasteiger partial charge in [0.15, 0.2) is 0 Å². The molecule has 3 N–H and O–H groups in total. The van der Waals surface area contributed by atoms with Crippen LogP contribution in [0.15, 0.2) is 22.7 Å². The van der Waals surface area contributed by atoms with Gasteiger partial charge in [-0.15, -0.1) is 0 Å². The average Bonchev–Trinajstić information content (AvgIpc) is 2.79. The van der Waals surface area contributed by atoms with E-state index in [4.69, 9.17) is 0 Å². The lowest BCUT2D eigenvalue weighted by Gasteiger charge is -2.16. The van der Waals surface area contributed by atoms with E-state index in [2.05, 4.69) is 31.3 Å². The summed E-state index contributed by atoms with van der Waals surface area (Å²) in [7, 11) is 0. The van der Waals surface area contributed by atoms with Crippen molar-refractivity contribution in [3.05, 3.63) is 28.2 Å². The summed E-state index contributed by atoms with van der Waals surface area (Å²) >= 11 is 3.21. The van der Waals surface area contributed by atoms with Crippen LogP contribution in [0.4, 0.5) is 8.78 Å². The second-order valence-electron chi connectivity index (χ2n) is 4.72. The van der Waals surface area contributed by atoms with Crippen molar-refractivity contribution in [3.63, 3.8) is 0 Å². The van der Waals surface area contributed by atoms with Crippen molar-refractivity contribution < 1.29 is 18.6 Å². The normalized spacial score (nSPS) is 22.4. The molecule has 2 atom stereocenters. The molecule has 0 saturated carbocycles. The lowest BCUT2D eigenvalue weighted by Crippen LogP contribution is -2.30. The topological polar surface area (TPSA) is 53.5 Å². The third kappa shape index (κ3) is 4.12. The van der Waals surface area contributed by atoms with Crippen LogP contribution >= 0.6 is 15.9 Å². The fourth-order valence-corrected chi connectivity index (χ4v) is 2.73. The van der Waals surface area contributed by atoms with Gasteiger partial charge in [0.1, 0.15) is 5.75 Å². The minimum atomic E-state index is -2.85. The quantitative estimate of drug-likeness (QED) is 0.731. The Kier molecular flexibility index (Phi) is 5.71. The second kappa shape index (κ2) is 7.31. The van der Waals surface area contributed by atoms with Gasteiger partial charge in [-0.25, -0.2) is 0 Å². The van der Waals surface area contributed by atoms with Gasteiger partial charge in [-0.1, -0.05) is 12.1 Å². The number of halogens is 3. The van der Waals surface area contributed by atoms with Gasteiger partial charge >= 0.3 is 6.61 Å². The van der Waals surface area contributed by atoms with E-state index in [0.29, 0.717) is 29.7 Å². The van der Waals surface area contributed by atoms with Crippen LogP contribution < -0.4 is 15.4 Å². The van der Waals surface area contributed by atoms with Crippen LogP contribution in [-0.4, -0.2) is 37.5 Å². The van der Waals surface area contributed by atoms with E-state index >= 15 is 0 Å². The molecule has 1 aromatic rings. The summed E-state index contributed by atoms with van der Waals surface area (Å²) in [6.07, 6.45) is -0.359. The van der Waals surface area contributed by atoms with E-state index in [0.717, 1.165) is 6.54 Å². The molecule has 1 saturated heterocycles. The molecule has 20 heavy (non-hydrogen) atoms. The highest BCUT2D eigenvalue weighted by molar-refractivity contribution is 9.10. The highest BCUT2D eigenvalue weighted by Gasteiger charge is 2.24. The van der Waals surface area contributed by atoms with E-state index in [1.165, 1.54) is 0 Å². The summed E-state index contributed by atoms with van der Waals surface area (Å²) in [6, 6.07) is 5.16. The Morgan fingerprint density at radius 1 is 1.45 bits per heavy atom. The molecule has 1 aliphatic heterocycles. The standard InChI is InChI=1S/C13H17BrF2N2O2/c14-10-3-1-2-8(12(10)20-13(15)16)4-17-5-9-6-18-7-11(9)19/h1-3,9,11,13,17-19H,4-7H2. The maximum absolute atomic E-state index is 12.4. The maximum atomic E-state index is 12.4. The van der Waals surface area contributed by atoms with Gasteiger partial charge in [0, 0.05) is 37.7 Å². The molecule has 0 radical (unpaired) electrons. The molecule has 2 rings (SSSR count). The fourth-order valence-electron chi connectivity index (χ4n) is 2.23. The summed E-state index contributed by atoms with van der Waals surface area (Å²) in [4.78, 5) is 0. The molecule has 1 heterocycles. The first kappa shape index (κ1) is 15.6. The molecule has 2 unspecified atom stereocenters. The Morgan fingerprint density at radius 3 is 2.90 bits per heavy atom. The van der Waals surface area contributed by atoms with Gasteiger partial charge in [-0.3, -0.25) is 0 Å². The molecule has 7 heteroatoms. The minimum absolute atomic E-state index is 0.140. The smallest absolute Gasteiger partial charge is 0.387 e. The van der Waals surface area contributed by atoms with Crippen molar-refractivity contribution in [2.24, 2.45) is 5.92 Å². The summed E-state index contributed by atoms with van der Waals surface area (Å²) < 4.78 is 29.8. The summed E-state index contributed by atoms with van der Waals surface area (Å²) in [5, 5.41) is 15.9. The summed E-state index contributed by atoms with van der Waals surface area (Å²) in [6.45, 7) is -0.469. The van der Waals surface area contributed by atoms with Crippen LogP contribution in [0.5, 0.6) is 5.75 Å². The molecule has 0 amide bonds. The van der Waals surface area contributed by atoms with Crippen LogP contribution in [-0.2, 0) is 6.54 Å². The molecule has 1 fully saturated rings. The Morgan fingerprint density at radius 2 is 2.25 bits per heavy atom. The Hall–Kier alpha value is -0.760. The predicted octanol–water partition coefficient (Wildman–Crippen LogP) is 1.72. The second-order valence-corrected chi connectivity index (χ2v) is 5.58. The number of aliphatic hydroxyl groups excluding tert-OH is 1. The number of alkyl halides is 2. The molecule has 1 aliphatic rings. The SMILES string of the molecule is OC1CNCC1CNCc1cccc(Br)c1OC(F)F. The highest BCUT2D eigenvalue weighted by atomic mass is 79.9. The number of nitrogens with one attached hydrogen (secondary N) is 2. The van der Waals surface area contributed by atoms with E-state index in [9.17, 15) is 13.9 Å². The van der Waals surface area contributed by atoms with Gasteiger partial charge in [0.05, 0.1) is 10.6 Å². The van der Waals surface area contributed by atoms with Crippen LogP contribution in [0, 0.1) is 5.92 Å². The van der Waals surface area contributed by atoms with Crippen LogP contribution in [0.1, 0.15) is 5.56 Å². The summed E-state index contributed by atoms with van der Waals surface area (Å²) in [5.41, 5.74) is 0.653. The average molecular weight is 351 g/mol. The molecule has 0 aromatic heterocycles. The monoisotopic (exact) mass is 350 g/mol. The van der Waals surface area contributed by atoms with Gasteiger partial charge < -0.3 is 20.5 Å². The van der Waals surface area contributed by atoms with E-state index in [1.807, 2.05) is 0 Å². The number of benzene rings is 1.